The minimum absolute atomic E-state index is 0.0903. The molecule has 0 bridgehead atoms. The molecule has 18 heavy (non-hydrogen) atoms. The SMILES string of the molecule is CNc1snc(C)c1C(=O)NCC(F)(F)C(F)F. The summed E-state index contributed by atoms with van der Waals surface area (Å²) in [6, 6.07) is 0. The molecule has 2 N–H and O–H groups in total. The van der Waals surface area contributed by atoms with Gasteiger partial charge in [-0.1, -0.05) is 0 Å². The number of hydrogen-bond acceptors (Lipinski definition) is 4. The fraction of sp³-hybridized carbons (Fsp3) is 0.556. The number of nitrogens with one attached hydrogen (secondary N) is 2. The van der Waals surface area contributed by atoms with E-state index < -0.39 is 24.8 Å². The largest absolute Gasteiger partial charge is 0.378 e. The van der Waals surface area contributed by atoms with Gasteiger partial charge in [0.2, 0.25) is 0 Å². The highest BCUT2D eigenvalue weighted by Crippen LogP contribution is 2.25. The minimum atomic E-state index is -4.24. The normalized spacial score (nSPS) is 11.7. The molecule has 0 aromatic carbocycles. The second kappa shape index (κ2) is 5.51. The van der Waals surface area contributed by atoms with Gasteiger partial charge in [0.25, 0.3) is 5.91 Å². The van der Waals surface area contributed by atoms with Crippen LogP contribution in [0, 0.1) is 6.92 Å². The van der Waals surface area contributed by atoms with Gasteiger partial charge >= 0.3 is 12.3 Å². The molecule has 4 nitrogen and oxygen atoms in total. The highest BCUT2D eigenvalue weighted by molar-refractivity contribution is 7.10. The van der Waals surface area contributed by atoms with Gasteiger partial charge in [0.15, 0.2) is 0 Å². The van der Waals surface area contributed by atoms with Crippen LogP contribution in [-0.2, 0) is 0 Å². The second-order valence-electron chi connectivity index (χ2n) is 3.47. The van der Waals surface area contributed by atoms with E-state index in [9.17, 15) is 22.4 Å². The predicted octanol–water partition coefficient (Wildman–Crippen LogP) is 2.12. The topological polar surface area (TPSA) is 54.0 Å². The predicted molar refractivity (Wildman–Crippen MR) is 59.7 cm³/mol. The molecule has 0 saturated carbocycles. The second-order valence-corrected chi connectivity index (χ2v) is 4.24. The zero-order valence-electron chi connectivity index (χ0n) is 9.56. The van der Waals surface area contributed by atoms with Crippen molar-refractivity contribution in [3.63, 3.8) is 0 Å². The number of anilines is 1. The Morgan fingerprint density at radius 2 is 2.11 bits per heavy atom. The molecule has 0 spiro atoms. The van der Waals surface area contributed by atoms with Crippen molar-refractivity contribution in [3.8, 4) is 0 Å². The lowest BCUT2D eigenvalue weighted by atomic mass is 10.2. The van der Waals surface area contributed by atoms with Crippen LogP contribution >= 0.6 is 11.5 Å². The summed E-state index contributed by atoms with van der Waals surface area (Å²) < 4.78 is 53.0. The van der Waals surface area contributed by atoms with Crippen LogP contribution in [0.5, 0.6) is 0 Å². The number of alkyl halides is 4. The van der Waals surface area contributed by atoms with Crippen molar-refractivity contribution >= 4 is 22.4 Å². The average Bonchev–Trinajstić information content (AvgIpc) is 2.67. The number of aryl methyl sites for hydroxylation is 1. The van der Waals surface area contributed by atoms with Gasteiger partial charge in [-0.05, 0) is 18.5 Å². The summed E-state index contributed by atoms with van der Waals surface area (Å²) in [5.41, 5.74) is 0.440. The van der Waals surface area contributed by atoms with Crippen LogP contribution in [0.15, 0.2) is 0 Å². The third kappa shape index (κ3) is 3.09. The number of halogens is 4. The molecule has 9 heteroatoms. The summed E-state index contributed by atoms with van der Waals surface area (Å²) in [5.74, 6) is -5.10. The molecule has 0 aliphatic carbocycles. The van der Waals surface area contributed by atoms with Crippen LogP contribution in [0.25, 0.3) is 0 Å². The third-order valence-electron chi connectivity index (χ3n) is 2.12. The lowest BCUT2D eigenvalue weighted by Crippen LogP contribution is -2.41. The van der Waals surface area contributed by atoms with Gasteiger partial charge in [-0.2, -0.15) is 13.2 Å². The fourth-order valence-corrected chi connectivity index (χ4v) is 1.91. The Kier molecular flexibility index (Phi) is 4.49. The maximum Gasteiger partial charge on any atom is 0.324 e. The van der Waals surface area contributed by atoms with Crippen molar-refractivity contribution in [1.82, 2.24) is 9.69 Å². The molecule has 1 amide bonds. The molecule has 0 unspecified atom stereocenters. The summed E-state index contributed by atoms with van der Waals surface area (Å²) in [4.78, 5) is 11.6. The lowest BCUT2D eigenvalue weighted by Gasteiger charge is -2.15. The Morgan fingerprint density at radius 1 is 1.50 bits per heavy atom. The Labute approximate surface area is 105 Å². The van der Waals surface area contributed by atoms with E-state index in [0.29, 0.717) is 10.7 Å². The zero-order chi connectivity index (χ0) is 13.9. The molecular formula is C9H11F4N3OS. The highest BCUT2D eigenvalue weighted by Gasteiger charge is 2.41. The van der Waals surface area contributed by atoms with Gasteiger partial charge in [-0.3, -0.25) is 4.79 Å². The van der Waals surface area contributed by atoms with E-state index in [1.807, 2.05) is 0 Å². The van der Waals surface area contributed by atoms with Crippen molar-refractivity contribution in [2.75, 3.05) is 18.9 Å². The van der Waals surface area contributed by atoms with E-state index in [2.05, 4.69) is 9.69 Å². The Morgan fingerprint density at radius 3 is 2.61 bits per heavy atom. The Balaban J connectivity index is 2.75. The van der Waals surface area contributed by atoms with E-state index in [0.717, 1.165) is 11.5 Å². The molecule has 102 valence electrons. The Bertz CT molecular complexity index is 435. The standard InChI is InChI=1S/C9H11F4N3OS/c1-4-5(7(14-2)18-16-4)6(17)15-3-9(12,13)8(10)11/h8,14H,3H2,1-2H3,(H,15,17). The van der Waals surface area contributed by atoms with Crippen LogP contribution in [0.2, 0.25) is 0 Å². The average molecular weight is 285 g/mol. The Hall–Kier alpha value is -1.38. The van der Waals surface area contributed by atoms with E-state index in [1.165, 1.54) is 14.0 Å². The van der Waals surface area contributed by atoms with Gasteiger partial charge in [0.05, 0.1) is 17.8 Å². The molecule has 0 aliphatic rings. The van der Waals surface area contributed by atoms with Crippen LogP contribution in [0.1, 0.15) is 16.1 Å². The highest BCUT2D eigenvalue weighted by atomic mass is 32.1. The van der Waals surface area contributed by atoms with Gasteiger partial charge in [-0.25, -0.2) is 8.78 Å². The van der Waals surface area contributed by atoms with Gasteiger partial charge in [0.1, 0.15) is 5.00 Å². The van der Waals surface area contributed by atoms with Crippen LogP contribution < -0.4 is 10.6 Å². The number of hydrogen-bond donors (Lipinski definition) is 2. The van der Waals surface area contributed by atoms with Gasteiger partial charge < -0.3 is 10.6 Å². The number of carbonyl (C=O) groups excluding carboxylic acids is 1. The van der Waals surface area contributed by atoms with Gasteiger partial charge in [-0.15, -0.1) is 0 Å². The molecule has 0 atom stereocenters. The molecule has 0 aliphatic heterocycles. The smallest absolute Gasteiger partial charge is 0.324 e. The van der Waals surface area contributed by atoms with Crippen LogP contribution in [-0.4, -0.2) is 36.2 Å². The first-order valence-corrected chi connectivity index (χ1v) is 5.65. The fourth-order valence-electron chi connectivity index (χ4n) is 1.17. The minimum Gasteiger partial charge on any atom is -0.378 e. The molecule has 1 aromatic heterocycles. The maximum atomic E-state index is 12.6. The quantitative estimate of drug-likeness (QED) is 0.815. The van der Waals surface area contributed by atoms with E-state index in [4.69, 9.17) is 0 Å². The number of carbonyl (C=O) groups is 1. The van der Waals surface area contributed by atoms with E-state index in [-0.39, 0.29) is 5.56 Å². The molecule has 0 saturated heterocycles. The zero-order valence-corrected chi connectivity index (χ0v) is 10.4. The molecule has 0 fully saturated rings. The molecule has 1 aromatic rings. The summed E-state index contributed by atoms with van der Waals surface area (Å²) >= 11 is 0.987. The first-order chi connectivity index (χ1) is 8.29. The van der Waals surface area contributed by atoms with Crippen molar-refractivity contribution in [2.24, 2.45) is 0 Å². The van der Waals surface area contributed by atoms with E-state index in [1.54, 1.807) is 5.32 Å². The van der Waals surface area contributed by atoms with Crippen LogP contribution in [0.4, 0.5) is 22.6 Å². The van der Waals surface area contributed by atoms with Crippen molar-refractivity contribution in [2.45, 2.75) is 19.3 Å². The van der Waals surface area contributed by atoms with Gasteiger partial charge in [0, 0.05) is 7.05 Å². The molecular weight excluding hydrogens is 274 g/mol. The summed E-state index contributed by atoms with van der Waals surface area (Å²) in [7, 11) is 1.54. The first-order valence-electron chi connectivity index (χ1n) is 4.87. The van der Waals surface area contributed by atoms with Crippen molar-refractivity contribution < 1.29 is 22.4 Å². The molecule has 1 heterocycles. The number of aromatic nitrogens is 1. The summed E-state index contributed by atoms with van der Waals surface area (Å²) in [6.45, 7) is 0.111. The lowest BCUT2D eigenvalue weighted by molar-refractivity contribution is -0.123. The number of amides is 1. The van der Waals surface area contributed by atoms with Crippen molar-refractivity contribution in [3.05, 3.63) is 11.3 Å². The molecule has 1 rings (SSSR count). The molecule has 0 radical (unpaired) electrons. The number of nitrogens with zero attached hydrogens (tertiary/aromatic N) is 1. The summed E-state index contributed by atoms with van der Waals surface area (Å²) in [6.07, 6.45) is -3.82. The van der Waals surface area contributed by atoms with Crippen molar-refractivity contribution in [1.29, 1.82) is 0 Å². The van der Waals surface area contributed by atoms with E-state index >= 15 is 0 Å². The summed E-state index contributed by atoms with van der Waals surface area (Å²) in [5, 5.41) is 4.85. The van der Waals surface area contributed by atoms with Crippen LogP contribution in [0.3, 0.4) is 0 Å². The third-order valence-corrected chi connectivity index (χ3v) is 3.08. The maximum absolute atomic E-state index is 12.6. The monoisotopic (exact) mass is 285 g/mol. The first kappa shape index (κ1) is 14.7. The number of rotatable bonds is 5.